The average Bonchev–Trinajstić information content (AvgIpc) is 2.84. The van der Waals surface area contributed by atoms with Gasteiger partial charge in [0.1, 0.15) is 0 Å². The van der Waals surface area contributed by atoms with Gasteiger partial charge in [-0.1, -0.05) is 0 Å². The van der Waals surface area contributed by atoms with Gasteiger partial charge >= 0.3 is 0 Å². The standard InChI is InChI=1S/C12H21N3OS/c1-3-13-12(14-6-4-7-16-2)15-9-11-5-8-17-10-11/h5,8,10H,3-4,6-7,9H2,1-2H3,(H2,13,14,15). The van der Waals surface area contributed by atoms with E-state index in [1.165, 1.54) is 5.56 Å². The first-order valence-electron chi connectivity index (χ1n) is 5.89. The molecule has 0 bridgehead atoms. The maximum atomic E-state index is 5.00. The number of aliphatic imine (C=N–C) groups is 1. The van der Waals surface area contributed by atoms with Gasteiger partial charge in [0.05, 0.1) is 6.54 Å². The zero-order chi connectivity index (χ0) is 12.3. The van der Waals surface area contributed by atoms with Gasteiger partial charge in [0, 0.05) is 26.8 Å². The normalized spacial score (nSPS) is 11.5. The van der Waals surface area contributed by atoms with E-state index in [2.05, 4.69) is 39.4 Å². The van der Waals surface area contributed by atoms with Crippen LogP contribution >= 0.6 is 11.3 Å². The van der Waals surface area contributed by atoms with Crippen molar-refractivity contribution in [3.05, 3.63) is 22.4 Å². The van der Waals surface area contributed by atoms with Crippen molar-refractivity contribution in [2.24, 2.45) is 4.99 Å². The van der Waals surface area contributed by atoms with Gasteiger partial charge in [-0.15, -0.1) is 0 Å². The van der Waals surface area contributed by atoms with Crippen molar-refractivity contribution >= 4 is 17.3 Å². The predicted molar refractivity (Wildman–Crippen MR) is 73.6 cm³/mol. The fourth-order valence-electron chi connectivity index (χ4n) is 1.32. The molecule has 0 saturated heterocycles. The number of nitrogens with one attached hydrogen (secondary N) is 2. The molecular weight excluding hydrogens is 234 g/mol. The van der Waals surface area contributed by atoms with Crippen LogP contribution in [0.1, 0.15) is 18.9 Å². The number of rotatable bonds is 7. The maximum absolute atomic E-state index is 5.00. The van der Waals surface area contributed by atoms with Crippen LogP contribution < -0.4 is 10.6 Å². The Labute approximate surface area is 107 Å². The lowest BCUT2D eigenvalue weighted by atomic mass is 10.3. The van der Waals surface area contributed by atoms with E-state index in [4.69, 9.17) is 4.74 Å². The number of thiophene rings is 1. The van der Waals surface area contributed by atoms with Crippen LogP contribution in [0.4, 0.5) is 0 Å². The first-order chi connectivity index (χ1) is 8.36. The van der Waals surface area contributed by atoms with Crippen molar-refractivity contribution in [1.29, 1.82) is 0 Å². The SMILES string of the molecule is CCNC(=NCc1ccsc1)NCCCOC. The maximum Gasteiger partial charge on any atom is 0.191 e. The third kappa shape index (κ3) is 6.28. The molecule has 1 aromatic heterocycles. The lowest BCUT2D eigenvalue weighted by Crippen LogP contribution is -2.38. The summed E-state index contributed by atoms with van der Waals surface area (Å²) < 4.78 is 5.00. The summed E-state index contributed by atoms with van der Waals surface area (Å²) in [7, 11) is 1.72. The summed E-state index contributed by atoms with van der Waals surface area (Å²) >= 11 is 1.70. The number of guanidine groups is 1. The van der Waals surface area contributed by atoms with Crippen molar-refractivity contribution in [2.45, 2.75) is 19.9 Å². The van der Waals surface area contributed by atoms with Crippen LogP contribution in [0.15, 0.2) is 21.8 Å². The highest BCUT2D eigenvalue weighted by Gasteiger charge is 1.97. The van der Waals surface area contributed by atoms with Gasteiger partial charge in [0.25, 0.3) is 0 Å². The summed E-state index contributed by atoms with van der Waals surface area (Å²) in [4.78, 5) is 4.51. The summed E-state index contributed by atoms with van der Waals surface area (Å²) in [5, 5.41) is 10.7. The molecule has 0 amide bonds. The Morgan fingerprint density at radius 1 is 1.47 bits per heavy atom. The summed E-state index contributed by atoms with van der Waals surface area (Å²) in [6.45, 7) is 5.32. The molecule has 5 heteroatoms. The molecule has 0 unspecified atom stereocenters. The van der Waals surface area contributed by atoms with Gasteiger partial charge in [-0.2, -0.15) is 11.3 Å². The molecule has 0 fully saturated rings. The highest BCUT2D eigenvalue weighted by Crippen LogP contribution is 2.06. The lowest BCUT2D eigenvalue weighted by molar-refractivity contribution is 0.195. The van der Waals surface area contributed by atoms with Gasteiger partial charge < -0.3 is 15.4 Å². The second kappa shape index (κ2) is 9.01. The van der Waals surface area contributed by atoms with Gasteiger partial charge in [-0.05, 0) is 35.7 Å². The van der Waals surface area contributed by atoms with E-state index >= 15 is 0 Å². The smallest absolute Gasteiger partial charge is 0.191 e. The second-order valence-corrected chi connectivity index (χ2v) is 4.38. The zero-order valence-corrected chi connectivity index (χ0v) is 11.3. The fraction of sp³-hybridized carbons (Fsp3) is 0.583. The number of hydrogen-bond acceptors (Lipinski definition) is 3. The zero-order valence-electron chi connectivity index (χ0n) is 10.5. The average molecular weight is 255 g/mol. The van der Waals surface area contributed by atoms with E-state index < -0.39 is 0 Å². The molecule has 1 rings (SSSR count). The summed E-state index contributed by atoms with van der Waals surface area (Å²) in [6.07, 6.45) is 0.985. The highest BCUT2D eigenvalue weighted by molar-refractivity contribution is 7.07. The molecule has 0 saturated carbocycles. The van der Waals surface area contributed by atoms with Crippen molar-refractivity contribution in [2.75, 3.05) is 26.8 Å². The molecule has 0 aliphatic carbocycles. The predicted octanol–water partition coefficient (Wildman–Crippen LogP) is 1.84. The van der Waals surface area contributed by atoms with Crippen molar-refractivity contribution < 1.29 is 4.74 Å². The number of ether oxygens (including phenoxy) is 1. The van der Waals surface area contributed by atoms with Crippen LogP contribution in [0.3, 0.4) is 0 Å². The van der Waals surface area contributed by atoms with Gasteiger partial charge in [-0.25, -0.2) is 4.99 Å². The third-order valence-electron chi connectivity index (χ3n) is 2.16. The Bertz CT molecular complexity index is 312. The quantitative estimate of drug-likeness (QED) is 0.444. The minimum Gasteiger partial charge on any atom is -0.385 e. The van der Waals surface area contributed by atoms with Crippen molar-refractivity contribution in [1.82, 2.24) is 10.6 Å². The minimum absolute atomic E-state index is 0.725. The van der Waals surface area contributed by atoms with E-state index in [9.17, 15) is 0 Å². The Morgan fingerprint density at radius 3 is 3.00 bits per heavy atom. The lowest BCUT2D eigenvalue weighted by Gasteiger charge is -2.10. The molecule has 1 heterocycles. The Hall–Kier alpha value is -1.07. The summed E-state index contributed by atoms with van der Waals surface area (Å²) in [6, 6.07) is 2.10. The van der Waals surface area contributed by atoms with Crippen LogP contribution in [0.5, 0.6) is 0 Å². The van der Waals surface area contributed by atoms with E-state index in [1.54, 1.807) is 18.4 Å². The monoisotopic (exact) mass is 255 g/mol. The molecule has 96 valence electrons. The van der Waals surface area contributed by atoms with Gasteiger partial charge in [0.15, 0.2) is 5.96 Å². The molecule has 17 heavy (non-hydrogen) atoms. The van der Waals surface area contributed by atoms with Crippen molar-refractivity contribution in [3.63, 3.8) is 0 Å². The van der Waals surface area contributed by atoms with Crippen LogP contribution in [-0.4, -0.2) is 32.8 Å². The third-order valence-corrected chi connectivity index (χ3v) is 2.89. The molecule has 0 radical (unpaired) electrons. The molecule has 0 aromatic carbocycles. The van der Waals surface area contributed by atoms with Gasteiger partial charge in [-0.3, -0.25) is 0 Å². The Morgan fingerprint density at radius 2 is 2.35 bits per heavy atom. The molecule has 2 N–H and O–H groups in total. The first-order valence-corrected chi connectivity index (χ1v) is 6.83. The van der Waals surface area contributed by atoms with E-state index in [0.717, 1.165) is 38.6 Å². The Kier molecular flexibility index (Phi) is 7.42. The molecule has 1 aromatic rings. The second-order valence-electron chi connectivity index (χ2n) is 3.60. The molecule has 0 atom stereocenters. The molecule has 0 aliphatic heterocycles. The largest absolute Gasteiger partial charge is 0.385 e. The number of hydrogen-bond donors (Lipinski definition) is 2. The summed E-state index contributed by atoms with van der Waals surface area (Å²) in [5.41, 5.74) is 1.25. The van der Waals surface area contributed by atoms with Crippen LogP contribution in [0, 0.1) is 0 Å². The minimum atomic E-state index is 0.725. The Balaban J connectivity index is 2.33. The molecule has 4 nitrogen and oxygen atoms in total. The topological polar surface area (TPSA) is 45.7 Å². The molecular formula is C12H21N3OS. The highest BCUT2D eigenvalue weighted by atomic mass is 32.1. The van der Waals surface area contributed by atoms with Crippen LogP contribution in [0.25, 0.3) is 0 Å². The van der Waals surface area contributed by atoms with E-state index in [-0.39, 0.29) is 0 Å². The van der Waals surface area contributed by atoms with Crippen LogP contribution in [0.2, 0.25) is 0 Å². The number of nitrogens with zero attached hydrogens (tertiary/aromatic N) is 1. The summed E-state index contributed by atoms with van der Waals surface area (Å²) in [5.74, 6) is 0.870. The van der Waals surface area contributed by atoms with E-state index in [1.807, 2.05) is 0 Å². The van der Waals surface area contributed by atoms with Crippen molar-refractivity contribution in [3.8, 4) is 0 Å². The molecule has 0 aliphatic rings. The van der Waals surface area contributed by atoms with E-state index in [0.29, 0.717) is 0 Å². The van der Waals surface area contributed by atoms with Crippen LogP contribution in [-0.2, 0) is 11.3 Å². The molecule has 0 spiro atoms. The van der Waals surface area contributed by atoms with Gasteiger partial charge in [0.2, 0.25) is 0 Å². The number of methoxy groups -OCH3 is 1. The fourth-order valence-corrected chi connectivity index (χ4v) is 1.98. The first kappa shape index (κ1) is 14.0.